The Morgan fingerprint density at radius 3 is 2.60 bits per heavy atom. The minimum absolute atomic E-state index is 0.248. The van der Waals surface area contributed by atoms with Crippen molar-refractivity contribution in [3.05, 3.63) is 12.2 Å². The second kappa shape index (κ2) is 5.14. The molecule has 0 saturated carbocycles. The van der Waals surface area contributed by atoms with E-state index in [0.717, 1.165) is 6.54 Å². The summed E-state index contributed by atoms with van der Waals surface area (Å²) in [4.78, 5) is 12.4. The molecule has 0 rings (SSSR count). The van der Waals surface area contributed by atoms with Gasteiger partial charge in [-0.2, -0.15) is 0 Å². The van der Waals surface area contributed by atoms with Gasteiger partial charge in [0.25, 0.3) is 0 Å². The van der Waals surface area contributed by atoms with Crippen molar-refractivity contribution in [2.24, 2.45) is 0 Å². The largest absolute Gasteiger partial charge is 0.388 e. The zero-order valence-electron chi connectivity index (χ0n) is 6.37. The van der Waals surface area contributed by atoms with Crippen LogP contribution in [0.5, 0.6) is 0 Å². The van der Waals surface area contributed by atoms with Crippen molar-refractivity contribution in [3.63, 3.8) is 0 Å². The van der Waals surface area contributed by atoms with Gasteiger partial charge in [0, 0.05) is 6.54 Å². The summed E-state index contributed by atoms with van der Waals surface area (Å²) < 4.78 is 0. The molecule has 0 bridgehead atoms. The molecule has 0 aliphatic rings. The third-order valence-corrected chi connectivity index (χ3v) is 0.930. The highest BCUT2D eigenvalue weighted by molar-refractivity contribution is 5.90. The zero-order valence-corrected chi connectivity index (χ0v) is 6.37. The third kappa shape index (κ3) is 5.47. The summed E-state index contributed by atoms with van der Waals surface area (Å²) in [5.41, 5.74) is 0. The molecule has 3 heteroatoms. The van der Waals surface area contributed by atoms with Gasteiger partial charge >= 0.3 is 0 Å². The number of carbonyl (C=O) groups is 1. The first kappa shape index (κ1) is 9.33. The predicted octanol–water partition coefficient (Wildman–Crippen LogP) is -0.334. The highest BCUT2D eigenvalue weighted by Gasteiger charge is 1.89. The standard InChI is InChI=1S/C7H13NO2/c1-8(2)5-3-4-7(10)6-9/h3-4,9H,5-6H2,1-2H3/b4-3+. The van der Waals surface area contributed by atoms with Crippen LogP contribution in [0, 0.1) is 0 Å². The Morgan fingerprint density at radius 1 is 1.60 bits per heavy atom. The minimum Gasteiger partial charge on any atom is -0.388 e. The van der Waals surface area contributed by atoms with Crippen molar-refractivity contribution in [2.45, 2.75) is 0 Å². The fraction of sp³-hybridized carbons (Fsp3) is 0.571. The molecule has 1 N–H and O–H groups in total. The molecule has 10 heavy (non-hydrogen) atoms. The maximum Gasteiger partial charge on any atom is 0.180 e. The summed E-state index contributed by atoms with van der Waals surface area (Å²) in [7, 11) is 3.82. The van der Waals surface area contributed by atoms with Crippen LogP contribution >= 0.6 is 0 Å². The van der Waals surface area contributed by atoms with E-state index in [4.69, 9.17) is 5.11 Å². The van der Waals surface area contributed by atoms with Crippen LogP contribution in [0.3, 0.4) is 0 Å². The van der Waals surface area contributed by atoms with Crippen molar-refractivity contribution in [2.75, 3.05) is 27.2 Å². The molecule has 0 aromatic carbocycles. The Bertz CT molecular complexity index is 130. The van der Waals surface area contributed by atoms with Crippen LogP contribution in [0.2, 0.25) is 0 Å². The van der Waals surface area contributed by atoms with Crippen LogP contribution in [0.4, 0.5) is 0 Å². The first-order valence-corrected chi connectivity index (χ1v) is 3.11. The molecule has 0 amide bonds. The van der Waals surface area contributed by atoms with E-state index in [1.165, 1.54) is 6.08 Å². The van der Waals surface area contributed by atoms with E-state index in [-0.39, 0.29) is 5.78 Å². The summed E-state index contributed by atoms with van der Waals surface area (Å²) in [6, 6.07) is 0. The molecule has 0 atom stereocenters. The number of rotatable bonds is 4. The second-order valence-corrected chi connectivity index (χ2v) is 2.29. The summed E-state index contributed by atoms with van der Waals surface area (Å²) in [5.74, 6) is -0.248. The van der Waals surface area contributed by atoms with E-state index in [1.807, 2.05) is 19.0 Å². The second-order valence-electron chi connectivity index (χ2n) is 2.29. The lowest BCUT2D eigenvalue weighted by molar-refractivity contribution is -0.117. The highest BCUT2D eigenvalue weighted by Crippen LogP contribution is 1.78. The van der Waals surface area contributed by atoms with Crippen LogP contribution < -0.4 is 0 Å². The van der Waals surface area contributed by atoms with Crippen molar-refractivity contribution in [1.29, 1.82) is 0 Å². The number of aliphatic hydroxyl groups is 1. The van der Waals surface area contributed by atoms with Crippen molar-refractivity contribution >= 4 is 5.78 Å². The molecule has 0 aromatic rings. The molecule has 58 valence electrons. The topological polar surface area (TPSA) is 40.5 Å². The van der Waals surface area contributed by atoms with Gasteiger partial charge in [0.2, 0.25) is 0 Å². The Morgan fingerprint density at radius 2 is 2.20 bits per heavy atom. The van der Waals surface area contributed by atoms with Crippen LogP contribution in [-0.2, 0) is 4.79 Å². The van der Waals surface area contributed by atoms with E-state index in [2.05, 4.69) is 0 Å². The lowest BCUT2D eigenvalue weighted by atomic mass is 10.3. The Kier molecular flexibility index (Phi) is 4.80. The van der Waals surface area contributed by atoms with Crippen LogP contribution in [-0.4, -0.2) is 43.0 Å². The van der Waals surface area contributed by atoms with Crippen molar-refractivity contribution in [1.82, 2.24) is 4.90 Å². The zero-order chi connectivity index (χ0) is 7.98. The lowest BCUT2D eigenvalue weighted by Crippen LogP contribution is -2.11. The summed E-state index contributed by atoms with van der Waals surface area (Å²) in [5, 5.41) is 8.29. The van der Waals surface area contributed by atoms with Crippen molar-refractivity contribution < 1.29 is 9.90 Å². The normalized spacial score (nSPS) is 11.2. The Balaban J connectivity index is 3.46. The van der Waals surface area contributed by atoms with E-state index in [1.54, 1.807) is 6.08 Å². The molecular formula is C7H13NO2. The molecule has 0 aliphatic heterocycles. The van der Waals surface area contributed by atoms with Gasteiger partial charge in [-0.05, 0) is 20.2 Å². The molecule has 0 aromatic heterocycles. The first-order valence-electron chi connectivity index (χ1n) is 3.11. The molecule has 3 nitrogen and oxygen atoms in total. The first-order chi connectivity index (χ1) is 4.66. The van der Waals surface area contributed by atoms with E-state index in [0.29, 0.717) is 0 Å². The number of aliphatic hydroxyl groups excluding tert-OH is 1. The average Bonchev–Trinajstić information content (AvgIpc) is 1.87. The summed E-state index contributed by atoms with van der Waals surface area (Å²) in [6.45, 7) is 0.329. The maximum absolute atomic E-state index is 10.4. The predicted molar refractivity (Wildman–Crippen MR) is 39.8 cm³/mol. The molecule has 0 fully saturated rings. The lowest BCUT2D eigenvalue weighted by Gasteiger charge is -2.02. The fourth-order valence-corrected chi connectivity index (χ4v) is 0.448. The van der Waals surface area contributed by atoms with Crippen LogP contribution in [0.1, 0.15) is 0 Å². The number of hydrogen-bond acceptors (Lipinski definition) is 3. The fourth-order valence-electron chi connectivity index (χ4n) is 0.448. The molecule has 0 spiro atoms. The van der Waals surface area contributed by atoms with Gasteiger partial charge in [-0.3, -0.25) is 4.79 Å². The van der Waals surface area contributed by atoms with Crippen LogP contribution in [0.25, 0.3) is 0 Å². The SMILES string of the molecule is CN(C)C/C=C/C(=O)CO. The van der Waals surface area contributed by atoms with E-state index >= 15 is 0 Å². The van der Waals surface area contributed by atoms with Gasteiger partial charge in [0.15, 0.2) is 5.78 Å². The quantitative estimate of drug-likeness (QED) is 0.548. The average molecular weight is 143 g/mol. The smallest absolute Gasteiger partial charge is 0.180 e. The van der Waals surface area contributed by atoms with Gasteiger partial charge in [-0.25, -0.2) is 0 Å². The summed E-state index contributed by atoms with van der Waals surface area (Å²) in [6.07, 6.45) is 3.11. The Labute approximate surface area is 61.0 Å². The molecule has 0 aliphatic carbocycles. The number of hydrogen-bond donors (Lipinski definition) is 1. The van der Waals surface area contributed by atoms with E-state index in [9.17, 15) is 4.79 Å². The van der Waals surface area contributed by atoms with Gasteiger partial charge < -0.3 is 10.0 Å². The number of likely N-dealkylation sites (N-methyl/N-ethyl adjacent to an activating group) is 1. The Hall–Kier alpha value is -0.670. The maximum atomic E-state index is 10.4. The molecule has 0 saturated heterocycles. The number of nitrogens with zero attached hydrogens (tertiary/aromatic N) is 1. The molecular weight excluding hydrogens is 130 g/mol. The number of ketones is 1. The monoisotopic (exact) mass is 143 g/mol. The highest BCUT2D eigenvalue weighted by atomic mass is 16.3. The molecule has 0 radical (unpaired) electrons. The van der Waals surface area contributed by atoms with Crippen molar-refractivity contribution in [3.8, 4) is 0 Å². The van der Waals surface area contributed by atoms with Gasteiger partial charge in [-0.1, -0.05) is 6.08 Å². The molecule has 0 heterocycles. The van der Waals surface area contributed by atoms with Gasteiger partial charge in [0.1, 0.15) is 6.61 Å². The van der Waals surface area contributed by atoms with Crippen LogP contribution in [0.15, 0.2) is 12.2 Å². The van der Waals surface area contributed by atoms with Gasteiger partial charge in [0.05, 0.1) is 0 Å². The van der Waals surface area contributed by atoms with Gasteiger partial charge in [-0.15, -0.1) is 0 Å². The molecule has 0 unspecified atom stereocenters. The van der Waals surface area contributed by atoms with E-state index < -0.39 is 6.61 Å². The third-order valence-electron chi connectivity index (χ3n) is 0.930. The number of carbonyl (C=O) groups excluding carboxylic acids is 1. The minimum atomic E-state index is -0.399. The summed E-state index contributed by atoms with van der Waals surface area (Å²) >= 11 is 0.